The number of allylic oxidation sites excluding steroid dienone is 2. The Morgan fingerprint density at radius 1 is 1.03 bits per heavy atom. The van der Waals surface area contributed by atoms with E-state index in [1.165, 1.54) is 37.7 Å². The summed E-state index contributed by atoms with van der Waals surface area (Å²) < 4.78 is -0.0135. The molecule has 2 nitrogen and oxygen atoms in total. The number of phenolic OH excluding ortho intramolecular Hbond substituents is 2. The fraction of sp³-hybridized carbons (Fsp3) is 0.680. The smallest absolute Gasteiger partial charge is 0.123 e. The summed E-state index contributed by atoms with van der Waals surface area (Å²) in [7, 11) is 0. The molecule has 1 aromatic rings. The number of aromatic hydroxyl groups is 2. The van der Waals surface area contributed by atoms with Crippen molar-refractivity contribution < 1.29 is 10.2 Å². The summed E-state index contributed by atoms with van der Waals surface area (Å²) in [5.74, 6) is 4.14. The zero-order valence-electron chi connectivity index (χ0n) is 18.3. The first kappa shape index (κ1) is 21.5. The van der Waals surface area contributed by atoms with Crippen molar-refractivity contribution in [1.29, 1.82) is 0 Å². The monoisotopic (exact) mass is 432 g/mol. The largest absolute Gasteiger partial charge is 0.507 e. The first-order valence-electron chi connectivity index (χ1n) is 11.3. The minimum Gasteiger partial charge on any atom is -0.507 e. The SMILES string of the molecule is CCCCCCC1(c2cc(O)c([C@H]3C=C(C)[C@@H]4C[C@H]3C4(C)C)c(O)c2)SCCS1. The van der Waals surface area contributed by atoms with Gasteiger partial charge in [-0.15, -0.1) is 23.5 Å². The number of rotatable bonds is 7. The van der Waals surface area contributed by atoms with Gasteiger partial charge in [0, 0.05) is 23.0 Å². The maximum absolute atomic E-state index is 11.1. The van der Waals surface area contributed by atoms with E-state index in [4.69, 9.17) is 0 Å². The van der Waals surface area contributed by atoms with Gasteiger partial charge in [-0.2, -0.15) is 0 Å². The van der Waals surface area contributed by atoms with E-state index in [-0.39, 0.29) is 26.9 Å². The lowest BCUT2D eigenvalue weighted by Gasteiger charge is -2.59. The van der Waals surface area contributed by atoms with Crippen LogP contribution in [0.3, 0.4) is 0 Å². The zero-order valence-corrected chi connectivity index (χ0v) is 20.0. The molecule has 1 aliphatic heterocycles. The molecule has 0 unspecified atom stereocenters. The van der Waals surface area contributed by atoms with Crippen LogP contribution in [-0.2, 0) is 4.08 Å². The number of hydrogen-bond acceptors (Lipinski definition) is 4. The molecule has 4 aliphatic rings. The lowest BCUT2D eigenvalue weighted by Crippen LogP contribution is -2.50. The highest BCUT2D eigenvalue weighted by Crippen LogP contribution is 2.65. The highest BCUT2D eigenvalue weighted by atomic mass is 32.2. The molecule has 0 amide bonds. The summed E-state index contributed by atoms with van der Waals surface area (Å²) >= 11 is 3.99. The van der Waals surface area contributed by atoms with Gasteiger partial charge in [0.2, 0.25) is 0 Å². The van der Waals surface area contributed by atoms with E-state index in [1.54, 1.807) is 0 Å². The molecule has 160 valence electrons. The highest BCUT2D eigenvalue weighted by Gasteiger charge is 2.55. The topological polar surface area (TPSA) is 40.5 Å². The van der Waals surface area contributed by atoms with Gasteiger partial charge < -0.3 is 10.2 Å². The zero-order chi connectivity index (χ0) is 20.8. The van der Waals surface area contributed by atoms with Crippen LogP contribution in [0.5, 0.6) is 11.5 Å². The second-order valence-corrected chi connectivity index (χ2v) is 12.9. The summed E-state index contributed by atoms with van der Waals surface area (Å²) in [5.41, 5.74) is 3.51. The fourth-order valence-electron chi connectivity index (χ4n) is 6.02. The van der Waals surface area contributed by atoms with E-state index in [0.717, 1.165) is 29.1 Å². The molecule has 1 aromatic carbocycles. The van der Waals surface area contributed by atoms with Crippen molar-refractivity contribution in [2.75, 3.05) is 11.5 Å². The molecule has 0 radical (unpaired) electrons. The van der Waals surface area contributed by atoms with Crippen molar-refractivity contribution in [2.45, 2.75) is 76.2 Å². The van der Waals surface area contributed by atoms with Crippen LogP contribution in [0.25, 0.3) is 0 Å². The number of fused-ring (bicyclic) bond motifs is 1. The molecule has 1 heterocycles. The molecular weight excluding hydrogens is 396 g/mol. The Hall–Kier alpha value is -0.740. The van der Waals surface area contributed by atoms with Crippen LogP contribution in [0.2, 0.25) is 0 Å². The van der Waals surface area contributed by atoms with Gasteiger partial charge in [0.25, 0.3) is 0 Å². The molecule has 2 N–H and O–H groups in total. The van der Waals surface area contributed by atoms with Gasteiger partial charge in [-0.3, -0.25) is 0 Å². The predicted octanol–water partition coefficient (Wildman–Crippen LogP) is 7.41. The molecule has 1 saturated carbocycles. The summed E-state index contributed by atoms with van der Waals surface area (Å²) in [6.45, 7) is 9.15. The Morgan fingerprint density at radius 2 is 1.69 bits per heavy atom. The van der Waals surface area contributed by atoms with Crippen molar-refractivity contribution in [3.8, 4) is 11.5 Å². The standard InChI is InChI=1S/C25H36O2S2/c1-5-6-7-8-9-25(28-10-11-29-25)17-13-21(26)23(22(27)14-17)18-12-16(2)19-15-20(18)24(19,3)4/h12-14,18-20,26-27H,5-11,15H2,1-4H3/t18-,19-,20+/m0/s1. The van der Waals surface area contributed by atoms with Gasteiger partial charge in [-0.25, -0.2) is 0 Å². The fourth-order valence-corrected chi connectivity index (χ4v) is 9.33. The Labute approximate surface area is 184 Å². The van der Waals surface area contributed by atoms with E-state index in [9.17, 15) is 10.2 Å². The molecule has 2 fully saturated rings. The van der Waals surface area contributed by atoms with Crippen LogP contribution in [0.4, 0.5) is 0 Å². The summed E-state index contributed by atoms with van der Waals surface area (Å²) in [4.78, 5) is 0. The normalized spacial score (nSPS) is 29.4. The first-order valence-corrected chi connectivity index (χ1v) is 13.3. The van der Waals surface area contributed by atoms with Gasteiger partial charge >= 0.3 is 0 Å². The Bertz CT molecular complexity index is 769. The van der Waals surface area contributed by atoms with E-state index < -0.39 is 0 Å². The maximum Gasteiger partial charge on any atom is 0.123 e. The van der Waals surface area contributed by atoms with Crippen molar-refractivity contribution in [2.24, 2.45) is 17.3 Å². The summed E-state index contributed by atoms with van der Waals surface area (Å²) in [6, 6.07) is 3.95. The molecule has 1 saturated heterocycles. The van der Waals surface area contributed by atoms with Crippen LogP contribution < -0.4 is 0 Å². The predicted molar refractivity (Wildman–Crippen MR) is 127 cm³/mol. The van der Waals surface area contributed by atoms with Crippen molar-refractivity contribution in [3.05, 3.63) is 34.9 Å². The van der Waals surface area contributed by atoms with Crippen LogP contribution in [0.15, 0.2) is 23.8 Å². The number of benzene rings is 1. The molecular formula is C25H36O2S2. The third-order valence-corrected chi connectivity index (χ3v) is 11.4. The highest BCUT2D eigenvalue weighted by molar-refractivity contribution is 8.20. The molecule has 3 atom stereocenters. The van der Waals surface area contributed by atoms with Crippen molar-refractivity contribution >= 4 is 23.5 Å². The lowest BCUT2D eigenvalue weighted by atomic mass is 9.45. The Kier molecular flexibility index (Phi) is 5.98. The van der Waals surface area contributed by atoms with Crippen LogP contribution in [0, 0.1) is 17.3 Å². The van der Waals surface area contributed by atoms with Gasteiger partial charge in [-0.05, 0) is 54.7 Å². The van der Waals surface area contributed by atoms with Gasteiger partial charge in [0.15, 0.2) is 0 Å². The number of thioether (sulfide) groups is 2. The van der Waals surface area contributed by atoms with E-state index >= 15 is 0 Å². The second-order valence-electron chi connectivity index (χ2n) is 9.84. The molecule has 3 aliphatic carbocycles. The minimum absolute atomic E-state index is 0.0135. The summed E-state index contributed by atoms with van der Waals surface area (Å²) in [5, 5.41) is 22.2. The van der Waals surface area contributed by atoms with E-state index in [0.29, 0.717) is 11.8 Å². The quantitative estimate of drug-likeness (QED) is 0.348. The van der Waals surface area contributed by atoms with Crippen molar-refractivity contribution in [1.82, 2.24) is 0 Å². The van der Waals surface area contributed by atoms with Gasteiger partial charge in [-0.1, -0.05) is 58.1 Å². The molecule has 4 heteroatoms. The molecule has 0 aromatic heterocycles. The first-order chi connectivity index (χ1) is 13.8. The van der Waals surface area contributed by atoms with Crippen LogP contribution >= 0.6 is 23.5 Å². The van der Waals surface area contributed by atoms with E-state index in [1.807, 2.05) is 35.7 Å². The molecule has 29 heavy (non-hydrogen) atoms. The Balaban J connectivity index is 1.64. The summed E-state index contributed by atoms with van der Waals surface area (Å²) in [6.07, 6.45) is 9.59. The van der Waals surface area contributed by atoms with Crippen LogP contribution in [0.1, 0.15) is 83.3 Å². The average Bonchev–Trinajstić information content (AvgIpc) is 3.14. The average molecular weight is 433 g/mol. The van der Waals surface area contributed by atoms with Gasteiger partial charge in [0.05, 0.1) is 4.08 Å². The molecule has 5 rings (SSSR count). The van der Waals surface area contributed by atoms with Crippen LogP contribution in [-0.4, -0.2) is 21.7 Å². The number of phenols is 2. The molecule has 0 spiro atoms. The van der Waals surface area contributed by atoms with E-state index in [2.05, 4.69) is 33.8 Å². The lowest BCUT2D eigenvalue weighted by molar-refractivity contribution is -0.0198. The minimum atomic E-state index is -0.0135. The third-order valence-electron chi connectivity index (χ3n) is 7.79. The third kappa shape index (κ3) is 3.63. The van der Waals surface area contributed by atoms with Crippen molar-refractivity contribution in [3.63, 3.8) is 0 Å². The number of hydrogen-bond donors (Lipinski definition) is 2. The molecule has 2 bridgehead atoms. The number of unbranched alkanes of at least 4 members (excludes halogenated alkanes) is 3. The second kappa shape index (κ2) is 8.07. The van der Waals surface area contributed by atoms with Gasteiger partial charge in [0.1, 0.15) is 11.5 Å². The Morgan fingerprint density at radius 3 is 2.24 bits per heavy atom. The maximum atomic E-state index is 11.1.